The number of anilines is 2. The van der Waals surface area contributed by atoms with E-state index in [-0.39, 0.29) is 12.3 Å². The number of rotatable bonds is 5. The Balaban J connectivity index is 1.75. The fourth-order valence-corrected chi connectivity index (χ4v) is 3.07. The molecule has 2 amide bonds. The van der Waals surface area contributed by atoms with Crippen LogP contribution in [0.1, 0.15) is 30.6 Å². The summed E-state index contributed by atoms with van der Waals surface area (Å²) >= 11 is 0. The van der Waals surface area contributed by atoms with Gasteiger partial charge in [-0.05, 0) is 42.2 Å². The molecule has 1 unspecified atom stereocenters. The van der Waals surface area contributed by atoms with Crippen LogP contribution in [0.4, 0.5) is 11.5 Å². The fraction of sp³-hybridized carbons (Fsp3) is 0.263. The minimum atomic E-state index is -1.43. The number of benzene rings is 1. The molecule has 3 rings (SSSR count). The van der Waals surface area contributed by atoms with Crippen LogP contribution in [-0.4, -0.2) is 27.9 Å². The maximum Gasteiger partial charge on any atom is 0.319 e. The third-order valence-corrected chi connectivity index (χ3v) is 4.78. The number of nitrogens with one attached hydrogen (secondary N) is 2. The topological polar surface area (TPSA) is 108 Å². The Labute approximate surface area is 150 Å². The summed E-state index contributed by atoms with van der Waals surface area (Å²) in [6.45, 7) is 3.49. The summed E-state index contributed by atoms with van der Waals surface area (Å²) < 4.78 is 0. The van der Waals surface area contributed by atoms with Crippen LogP contribution < -0.4 is 10.6 Å². The Morgan fingerprint density at radius 1 is 1.08 bits per heavy atom. The number of carboxylic acid groups (broad SMARTS) is 1. The van der Waals surface area contributed by atoms with Crippen molar-refractivity contribution in [3.05, 3.63) is 54.2 Å². The molecule has 2 aromatic rings. The second kappa shape index (κ2) is 6.25. The van der Waals surface area contributed by atoms with Crippen LogP contribution in [0.5, 0.6) is 0 Å². The van der Waals surface area contributed by atoms with E-state index >= 15 is 0 Å². The van der Waals surface area contributed by atoms with Gasteiger partial charge < -0.3 is 15.7 Å². The van der Waals surface area contributed by atoms with Crippen LogP contribution in [0.2, 0.25) is 0 Å². The van der Waals surface area contributed by atoms with E-state index in [4.69, 9.17) is 0 Å². The monoisotopic (exact) mass is 353 g/mol. The lowest BCUT2D eigenvalue weighted by Crippen LogP contribution is -2.35. The molecular weight excluding hydrogens is 334 g/mol. The van der Waals surface area contributed by atoms with Gasteiger partial charge in [-0.3, -0.25) is 14.4 Å². The Morgan fingerprint density at radius 3 is 2.38 bits per heavy atom. The van der Waals surface area contributed by atoms with Gasteiger partial charge in [0.1, 0.15) is 5.82 Å². The summed E-state index contributed by atoms with van der Waals surface area (Å²) in [6, 6.07) is 11.5. The molecule has 0 bridgehead atoms. The first-order valence-corrected chi connectivity index (χ1v) is 8.13. The average Bonchev–Trinajstić information content (AvgIpc) is 3.20. The van der Waals surface area contributed by atoms with Crippen molar-refractivity contribution in [2.75, 3.05) is 10.6 Å². The van der Waals surface area contributed by atoms with Gasteiger partial charge in [-0.15, -0.1) is 0 Å². The third kappa shape index (κ3) is 3.03. The number of pyridine rings is 1. The zero-order valence-corrected chi connectivity index (χ0v) is 14.4. The number of nitrogens with zero attached hydrogens (tertiary/aromatic N) is 1. The predicted molar refractivity (Wildman–Crippen MR) is 95.7 cm³/mol. The first kappa shape index (κ1) is 17.6. The second-order valence-electron chi connectivity index (χ2n) is 6.98. The van der Waals surface area contributed by atoms with Crippen molar-refractivity contribution in [3.63, 3.8) is 0 Å². The van der Waals surface area contributed by atoms with Crippen molar-refractivity contribution in [1.29, 1.82) is 0 Å². The summed E-state index contributed by atoms with van der Waals surface area (Å²) in [7, 11) is 0. The molecule has 3 N–H and O–H groups in total. The third-order valence-electron chi connectivity index (χ3n) is 4.78. The number of aliphatic carboxylic acids is 1. The van der Waals surface area contributed by atoms with Crippen molar-refractivity contribution >= 4 is 29.3 Å². The summed E-state index contributed by atoms with van der Waals surface area (Å²) in [5.41, 5.74) is -1.34. The summed E-state index contributed by atoms with van der Waals surface area (Å²) in [5.74, 6) is -1.67. The molecule has 1 atom stereocenters. The zero-order chi connectivity index (χ0) is 18.9. The van der Waals surface area contributed by atoms with Gasteiger partial charge in [0, 0.05) is 17.4 Å². The number of hydrogen-bond donors (Lipinski definition) is 3. The highest BCUT2D eigenvalue weighted by Crippen LogP contribution is 2.64. The lowest BCUT2D eigenvalue weighted by molar-refractivity contribution is -0.149. The second-order valence-corrected chi connectivity index (χ2v) is 6.98. The highest BCUT2D eigenvalue weighted by Gasteiger charge is 2.72. The van der Waals surface area contributed by atoms with E-state index in [1.165, 1.54) is 6.07 Å². The van der Waals surface area contributed by atoms with Crippen LogP contribution in [-0.2, 0) is 9.59 Å². The molecule has 1 aromatic carbocycles. The van der Waals surface area contributed by atoms with Crippen molar-refractivity contribution < 1.29 is 19.5 Å². The van der Waals surface area contributed by atoms with Gasteiger partial charge in [0.2, 0.25) is 5.91 Å². The molecule has 1 heterocycles. The van der Waals surface area contributed by atoms with Gasteiger partial charge >= 0.3 is 5.97 Å². The SMILES string of the molecule is CC1(C)CC1(C(=O)O)C(=O)Nc1cccc(C(=O)Nc2ccccn2)c1. The Bertz CT molecular complexity index is 879. The first-order chi connectivity index (χ1) is 12.3. The summed E-state index contributed by atoms with van der Waals surface area (Å²) in [4.78, 5) is 40.4. The smallest absolute Gasteiger partial charge is 0.319 e. The Morgan fingerprint density at radius 2 is 1.81 bits per heavy atom. The van der Waals surface area contributed by atoms with Crippen molar-refractivity contribution in [1.82, 2.24) is 4.98 Å². The minimum absolute atomic E-state index is 0.279. The van der Waals surface area contributed by atoms with Gasteiger partial charge in [0.15, 0.2) is 5.41 Å². The van der Waals surface area contributed by atoms with E-state index in [0.29, 0.717) is 17.1 Å². The predicted octanol–water partition coefficient (Wildman–Crippen LogP) is 2.77. The van der Waals surface area contributed by atoms with E-state index in [9.17, 15) is 19.5 Å². The number of carbonyl (C=O) groups excluding carboxylic acids is 2. The molecule has 0 aliphatic heterocycles. The molecule has 1 aromatic heterocycles. The average molecular weight is 353 g/mol. The molecule has 0 saturated heterocycles. The quantitative estimate of drug-likeness (QED) is 0.716. The first-order valence-electron chi connectivity index (χ1n) is 8.13. The molecule has 0 spiro atoms. The highest BCUT2D eigenvalue weighted by molar-refractivity contribution is 6.12. The molecule has 7 heteroatoms. The van der Waals surface area contributed by atoms with Gasteiger partial charge in [-0.25, -0.2) is 4.98 Å². The van der Waals surface area contributed by atoms with Gasteiger partial charge in [0.25, 0.3) is 5.91 Å². The zero-order valence-electron chi connectivity index (χ0n) is 14.4. The lowest BCUT2D eigenvalue weighted by atomic mass is 9.95. The number of amides is 2. The largest absolute Gasteiger partial charge is 0.480 e. The van der Waals surface area contributed by atoms with Gasteiger partial charge in [-0.1, -0.05) is 26.0 Å². The molecule has 0 radical (unpaired) electrons. The van der Waals surface area contributed by atoms with Crippen molar-refractivity contribution in [2.24, 2.45) is 10.8 Å². The molecule has 134 valence electrons. The van der Waals surface area contributed by atoms with Gasteiger partial charge in [-0.2, -0.15) is 0 Å². The van der Waals surface area contributed by atoms with Crippen LogP contribution in [0.3, 0.4) is 0 Å². The molecule has 1 fully saturated rings. The summed E-state index contributed by atoms with van der Waals surface area (Å²) in [6.07, 6.45) is 1.84. The maximum absolute atomic E-state index is 12.5. The van der Waals surface area contributed by atoms with Crippen molar-refractivity contribution in [2.45, 2.75) is 20.3 Å². The lowest BCUT2D eigenvalue weighted by Gasteiger charge is -2.16. The summed E-state index contributed by atoms with van der Waals surface area (Å²) in [5, 5.41) is 14.7. The van der Waals surface area contributed by atoms with E-state index in [1.807, 2.05) is 0 Å². The molecule has 26 heavy (non-hydrogen) atoms. The van der Waals surface area contributed by atoms with Crippen LogP contribution in [0, 0.1) is 10.8 Å². The Kier molecular flexibility index (Phi) is 4.23. The van der Waals surface area contributed by atoms with Crippen LogP contribution in [0.15, 0.2) is 48.7 Å². The number of hydrogen-bond acceptors (Lipinski definition) is 4. The van der Waals surface area contributed by atoms with E-state index in [1.54, 1.807) is 56.4 Å². The van der Waals surface area contributed by atoms with E-state index in [2.05, 4.69) is 15.6 Å². The van der Waals surface area contributed by atoms with Gasteiger partial charge in [0.05, 0.1) is 0 Å². The fourth-order valence-electron chi connectivity index (χ4n) is 3.07. The minimum Gasteiger partial charge on any atom is -0.480 e. The molecule has 7 nitrogen and oxygen atoms in total. The molecule has 1 aliphatic rings. The highest BCUT2D eigenvalue weighted by atomic mass is 16.4. The maximum atomic E-state index is 12.5. The molecule has 1 aliphatic carbocycles. The Hall–Kier alpha value is -3.22. The number of carbonyl (C=O) groups is 3. The standard InChI is InChI=1S/C19H19N3O4/c1-18(2)11-19(18,17(25)26)16(24)21-13-7-5-6-12(10-13)15(23)22-14-8-3-4-9-20-14/h3-10H,11H2,1-2H3,(H,21,24)(H,25,26)(H,20,22,23). The number of carboxylic acids is 1. The molecule has 1 saturated carbocycles. The van der Waals surface area contributed by atoms with E-state index < -0.39 is 22.7 Å². The normalized spacial score (nSPS) is 20.1. The van der Waals surface area contributed by atoms with Crippen LogP contribution in [0.25, 0.3) is 0 Å². The van der Waals surface area contributed by atoms with E-state index in [0.717, 1.165) is 0 Å². The van der Waals surface area contributed by atoms with Crippen molar-refractivity contribution in [3.8, 4) is 0 Å². The molecular formula is C19H19N3O4. The van der Waals surface area contributed by atoms with Crippen LogP contribution >= 0.6 is 0 Å². The number of aromatic nitrogens is 1.